The summed E-state index contributed by atoms with van der Waals surface area (Å²) in [4.78, 5) is 45.3. The maximum atomic E-state index is 13.5. The Bertz CT molecular complexity index is 1460. The van der Waals surface area contributed by atoms with E-state index in [9.17, 15) is 19.5 Å². The summed E-state index contributed by atoms with van der Waals surface area (Å²) in [7, 11) is 0. The molecular weight excluding hydrogens is 584 g/mol. The van der Waals surface area contributed by atoms with Crippen LogP contribution in [0.4, 0.5) is 5.13 Å². The minimum absolute atomic E-state index is 0.0231. The van der Waals surface area contributed by atoms with Gasteiger partial charge in [0, 0.05) is 10.0 Å². The standard InChI is InChI=1S/C29H27BrN2O6S/c1-4-6-14-37-21-12-8-10-19(16-21)24(33)22-23(18-9-7-11-20(30)15-18)32(27(35)25(22)34)29-31-17(3)26(39-29)28(36)38-13-5-2/h5,7-12,15-16,23,33H,2,4,6,13-14H2,1,3H3/b24-22+. The summed E-state index contributed by atoms with van der Waals surface area (Å²) in [5.74, 6) is -2.12. The quantitative estimate of drug-likeness (QED) is 0.0710. The summed E-state index contributed by atoms with van der Waals surface area (Å²) in [6.45, 7) is 7.76. The van der Waals surface area contributed by atoms with Gasteiger partial charge in [0.2, 0.25) is 0 Å². The molecule has 4 rings (SSSR count). The number of nitrogens with zero attached hydrogens (tertiary/aromatic N) is 2. The zero-order chi connectivity index (χ0) is 28.1. The SMILES string of the molecule is C=CCOC(=O)c1sc(N2C(=O)C(=O)/C(=C(/O)c3cccc(OCCCC)c3)C2c2cccc(Br)c2)nc1C. The van der Waals surface area contributed by atoms with Crippen molar-refractivity contribution in [2.45, 2.75) is 32.7 Å². The van der Waals surface area contributed by atoms with E-state index in [-0.39, 0.29) is 27.9 Å². The molecule has 1 amide bonds. The van der Waals surface area contributed by atoms with E-state index in [0.29, 0.717) is 29.2 Å². The zero-order valence-corrected chi connectivity index (χ0v) is 23.9. The summed E-state index contributed by atoms with van der Waals surface area (Å²) in [6, 6.07) is 12.9. The molecule has 2 heterocycles. The lowest BCUT2D eigenvalue weighted by molar-refractivity contribution is -0.132. The molecule has 1 N–H and O–H groups in total. The van der Waals surface area contributed by atoms with Gasteiger partial charge in [-0.15, -0.1) is 0 Å². The number of ketones is 1. The van der Waals surface area contributed by atoms with Crippen LogP contribution in [0.1, 0.15) is 52.3 Å². The highest BCUT2D eigenvalue weighted by molar-refractivity contribution is 9.10. The Balaban J connectivity index is 1.83. The van der Waals surface area contributed by atoms with E-state index >= 15 is 0 Å². The number of hydrogen-bond acceptors (Lipinski definition) is 8. The number of anilines is 1. The number of ether oxygens (including phenoxy) is 2. The molecule has 1 fully saturated rings. The predicted octanol–water partition coefficient (Wildman–Crippen LogP) is 6.36. The van der Waals surface area contributed by atoms with Gasteiger partial charge < -0.3 is 14.6 Å². The van der Waals surface area contributed by atoms with Crippen LogP contribution >= 0.6 is 27.3 Å². The number of rotatable bonds is 10. The minimum atomic E-state index is -0.991. The van der Waals surface area contributed by atoms with Crippen LogP contribution in [-0.2, 0) is 14.3 Å². The second-order valence-electron chi connectivity index (χ2n) is 8.75. The van der Waals surface area contributed by atoms with Crippen molar-refractivity contribution in [3.05, 3.63) is 92.9 Å². The summed E-state index contributed by atoms with van der Waals surface area (Å²) in [5.41, 5.74) is 1.18. The summed E-state index contributed by atoms with van der Waals surface area (Å²) < 4.78 is 11.6. The molecule has 1 atom stereocenters. The maximum absolute atomic E-state index is 13.5. The Hall–Kier alpha value is -3.76. The maximum Gasteiger partial charge on any atom is 0.350 e. The van der Waals surface area contributed by atoms with Crippen LogP contribution in [0.3, 0.4) is 0 Å². The van der Waals surface area contributed by atoms with Crippen LogP contribution in [0.5, 0.6) is 5.75 Å². The van der Waals surface area contributed by atoms with Crippen molar-refractivity contribution in [3.8, 4) is 5.75 Å². The van der Waals surface area contributed by atoms with Crippen molar-refractivity contribution in [1.29, 1.82) is 0 Å². The molecule has 10 heteroatoms. The lowest BCUT2D eigenvalue weighted by atomic mass is 9.95. The van der Waals surface area contributed by atoms with Gasteiger partial charge >= 0.3 is 11.9 Å². The van der Waals surface area contributed by atoms with Crippen molar-refractivity contribution in [2.24, 2.45) is 0 Å². The number of halogens is 1. The van der Waals surface area contributed by atoms with Crippen LogP contribution in [0.25, 0.3) is 5.76 Å². The number of esters is 1. The number of aromatic nitrogens is 1. The first kappa shape index (κ1) is 28.3. The second kappa shape index (κ2) is 12.4. The Kier molecular flexibility index (Phi) is 8.98. The second-order valence-corrected chi connectivity index (χ2v) is 10.6. The topological polar surface area (TPSA) is 106 Å². The number of aryl methyl sites for hydroxylation is 1. The lowest BCUT2D eigenvalue weighted by Gasteiger charge is -2.23. The normalized spacial score (nSPS) is 16.4. The van der Waals surface area contributed by atoms with Gasteiger partial charge in [-0.2, -0.15) is 0 Å². The molecule has 0 radical (unpaired) electrons. The molecule has 8 nitrogen and oxygen atoms in total. The molecule has 39 heavy (non-hydrogen) atoms. The fourth-order valence-corrected chi connectivity index (χ4v) is 5.52. The number of carbonyl (C=O) groups excluding carboxylic acids is 3. The third kappa shape index (κ3) is 5.97. The molecule has 1 aliphatic heterocycles. The van der Waals surface area contributed by atoms with E-state index < -0.39 is 23.7 Å². The van der Waals surface area contributed by atoms with Gasteiger partial charge in [0.05, 0.1) is 23.9 Å². The third-order valence-electron chi connectivity index (χ3n) is 5.99. The van der Waals surface area contributed by atoms with Crippen molar-refractivity contribution >= 4 is 55.8 Å². The van der Waals surface area contributed by atoms with Gasteiger partial charge in [-0.1, -0.05) is 77.5 Å². The smallest absolute Gasteiger partial charge is 0.350 e. The first-order valence-corrected chi connectivity index (χ1v) is 13.9. The van der Waals surface area contributed by atoms with Crippen molar-refractivity contribution < 1.29 is 29.0 Å². The minimum Gasteiger partial charge on any atom is -0.507 e. The van der Waals surface area contributed by atoms with E-state index in [1.165, 1.54) is 11.0 Å². The molecule has 0 saturated carbocycles. The van der Waals surface area contributed by atoms with Gasteiger partial charge in [0.15, 0.2) is 5.13 Å². The Labute approximate surface area is 238 Å². The Morgan fingerprint density at radius 1 is 1.23 bits per heavy atom. The number of amides is 1. The number of benzene rings is 2. The zero-order valence-electron chi connectivity index (χ0n) is 21.5. The largest absolute Gasteiger partial charge is 0.507 e. The molecule has 2 aromatic carbocycles. The van der Waals surface area contributed by atoms with Crippen LogP contribution in [0, 0.1) is 6.92 Å². The molecule has 0 aliphatic carbocycles. The molecule has 1 aromatic heterocycles. The van der Waals surface area contributed by atoms with Crippen molar-refractivity contribution in [2.75, 3.05) is 18.1 Å². The Morgan fingerprint density at radius 2 is 2.00 bits per heavy atom. The van der Waals surface area contributed by atoms with Gasteiger partial charge in [0.25, 0.3) is 5.78 Å². The lowest BCUT2D eigenvalue weighted by Crippen LogP contribution is -2.29. The molecule has 3 aromatic rings. The number of carbonyl (C=O) groups is 3. The number of aliphatic hydroxyl groups excluding tert-OH is 1. The molecular formula is C29H27BrN2O6S. The van der Waals surface area contributed by atoms with Gasteiger partial charge in [-0.25, -0.2) is 9.78 Å². The fraction of sp³-hybridized carbons (Fsp3) is 0.241. The van der Waals surface area contributed by atoms with E-state index in [1.54, 1.807) is 49.4 Å². The molecule has 0 spiro atoms. The first-order valence-electron chi connectivity index (χ1n) is 12.3. The summed E-state index contributed by atoms with van der Waals surface area (Å²) >= 11 is 4.39. The fourth-order valence-electron chi connectivity index (χ4n) is 4.12. The highest BCUT2D eigenvalue weighted by atomic mass is 79.9. The number of hydrogen-bond donors (Lipinski definition) is 1. The average molecular weight is 612 g/mol. The Morgan fingerprint density at radius 3 is 2.72 bits per heavy atom. The van der Waals surface area contributed by atoms with Gasteiger partial charge in [-0.3, -0.25) is 14.5 Å². The number of thiazole rings is 1. The van der Waals surface area contributed by atoms with Crippen LogP contribution < -0.4 is 9.64 Å². The van der Waals surface area contributed by atoms with Crippen molar-refractivity contribution in [1.82, 2.24) is 4.98 Å². The van der Waals surface area contributed by atoms with Crippen LogP contribution in [-0.4, -0.2) is 41.0 Å². The monoisotopic (exact) mass is 610 g/mol. The summed E-state index contributed by atoms with van der Waals surface area (Å²) in [6.07, 6.45) is 3.30. The molecule has 1 saturated heterocycles. The van der Waals surface area contributed by atoms with Crippen LogP contribution in [0.2, 0.25) is 0 Å². The average Bonchev–Trinajstić information content (AvgIpc) is 3.43. The van der Waals surface area contributed by atoms with Gasteiger partial charge in [-0.05, 0) is 43.2 Å². The summed E-state index contributed by atoms with van der Waals surface area (Å²) in [5, 5.41) is 11.6. The van der Waals surface area contributed by atoms with Gasteiger partial charge in [0.1, 0.15) is 23.0 Å². The molecule has 1 unspecified atom stereocenters. The first-order chi connectivity index (χ1) is 18.8. The molecule has 0 bridgehead atoms. The van der Waals surface area contributed by atoms with E-state index in [2.05, 4.69) is 34.4 Å². The molecule has 1 aliphatic rings. The number of aliphatic hydroxyl groups is 1. The third-order valence-corrected chi connectivity index (χ3v) is 7.62. The predicted molar refractivity (Wildman–Crippen MR) is 153 cm³/mol. The number of Topliss-reactive ketones (excluding diaryl/α,β-unsaturated/α-hetero) is 1. The van der Waals surface area contributed by atoms with E-state index in [4.69, 9.17) is 9.47 Å². The molecule has 202 valence electrons. The van der Waals surface area contributed by atoms with E-state index in [0.717, 1.165) is 28.7 Å². The number of unbranched alkanes of at least 4 members (excludes halogenated alkanes) is 1. The highest BCUT2D eigenvalue weighted by Gasteiger charge is 2.48. The van der Waals surface area contributed by atoms with Crippen molar-refractivity contribution in [3.63, 3.8) is 0 Å². The van der Waals surface area contributed by atoms with E-state index in [1.807, 2.05) is 6.07 Å². The van der Waals surface area contributed by atoms with Crippen LogP contribution in [0.15, 0.2) is 71.2 Å². The highest BCUT2D eigenvalue weighted by Crippen LogP contribution is 2.44.